The molecule has 34 heavy (non-hydrogen) atoms. The van der Waals surface area contributed by atoms with Gasteiger partial charge in [0.05, 0.1) is 4.47 Å². The minimum Gasteiger partial charge on any atom is -0.483 e. The number of hydrogen-bond acceptors (Lipinski definition) is 3. The number of hydrogen-bond donors (Lipinski definition) is 1. The van der Waals surface area contributed by atoms with Gasteiger partial charge in [-0.2, -0.15) is 0 Å². The van der Waals surface area contributed by atoms with Gasteiger partial charge in [-0.05, 0) is 71.9 Å². The SMILES string of the molecule is CC[C@@H](C(=O)NC(C)(C)C)N(CCc1ccccc1)C(=O)COc1ccc2ccccc2c1Br. The van der Waals surface area contributed by atoms with Crippen LogP contribution in [0.25, 0.3) is 10.8 Å². The fourth-order valence-corrected chi connectivity index (χ4v) is 4.50. The number of benzene rings is 3. The van der Waals surface area contributed by atoms with Crippen molar-refractivity contribution >= 4 is 38.5 Å². The van der Waals surface area contributed by atoms with Gasteiger partial charge in [-0.15, -0.1) is 0 Å². The molecular weight excluding hydrogens is 492 g/mol. The summed E-state index contributed by atoms with van der Waals surface area (Å²) in [6.07, 6.45) is 1.17. The van der Waals surface area contributed by atoms with Crippen LogP contribution in [0.4, 0.5) is 0 Å². The molecule has 3 aromatic carbocycles. The van der Waals surface area contributed by atoms with E-state index in [9.17, 15) is 9.59 Å². The summed E-state index contributed by atoms with van der Waals surface area (Å²) in [5, 5.41) is 5.13. The average Bonchev–Trinajstić information content (AvgIpc) is 2.80. The molecule has 0 unspecified atom stereocenters. The van der Waals surface area contributed by atoms with Crippen molar-refractivity contribution in [3.8, 4) is 5.75 Å². The first-order valence-electron chi connectivity index (χ1n) is 11.6. The number of nitrogens with zero attached hydrogens (tertiary/aromatic N) is 1. The molecule has 0 fully saturated rings. The van der Waals surface area contributed by atoms with Gasteiger partial charge < -0.3 is 15.0 Å². The summed E-state index contributed by atoms with van der Waals surface area (Å²) in [6.45, 7) is 8.03. The maximum Gasteiger partial charge on any atom is 0.261 e. The van der Waals surface area contributed by atoms with Gasteiger partial charge >= 0.3 is 0 Å². The lowest BCUT2D eigenvalue weighted by Gasteiger charge is -2.33. The Bertz CT molecular complexity index is 1130. The van der Waals surface area contributed by atoms with Crippen molar-refractivity contribution in [2.24, 2.45) is 0 Å². The molecule has 0 heterocycles. The average molecular weight is 525 g/mol. The lowest BCUT2D eigenvalue weighted by Crippen LogP contribution is -2.54. The van der Waals surface area contributed by atoms with E-state index in [-0.39, 0.29) is 24.0 Å². The Balaban J connectivity index is 1.78. The predicted molar refractivity (Wildman–Crippen MR) is 141 cm³/mol. The van der Waals surface area contributed by atoms with Gasteiger partial charge in [0.25, 0.3) is 5.91 Å². The van der Waals surface area contributed by atoms with Crippen molar-refractivity contribution in [3.63, 3.8) is 0 Å². The van der Waals surface area contributed by atoms with Crippen LogP contribution >= 0.6 is 15.9 Å². The molecule has 0 aliphatic heterocycles. The van der Waals surface area contributed by atoms with Gasteiger partial charge in [0.1, 0.15) is 11.8 Å². The zero-order valence-corrected chi connectivity index (χ0v) is 21.9. The smallest absolute Gasteiger partial charge is 0.261 e. The molecule has 0 spiro atoms. The van der Waals surface area contributed by atoms with Crippen LogP contribution < -0.4 is 10.1 Å². The van der Waals surface area contributed by atoms with E-state index < -0.39 is 6.04 Å². The Morgan fingerprint density at radius 3 is 2.35 bits per heavy atom. The number of amides is 2. The van der Waals surface area contributed by atoms with Gasteiger partial charge in [0, 0.05) is 12.1 Å². The van der Waals surface area contributed by atoms with E-state index >= 15 is 0 Å². The second-order valence-electron chi connectivity index (χ2n) is 9.37. The van der Waals surface area contributed by atoms with E-state index in [1.54, 1.807) is 4.90 Å². The Labute approximate surface area is 210 Å². The molecular formula is C28H33BrN2O3. The van der Waals surface area contributed by atoms with Gasteiger partial charge in [0.2, 0.25) is 5.91 Å². The highest BCUT2D eigenvalue weighted by Crippen LogP contribution is 2.33. The zero-order chi connectivity index (χ0) is 24.7. The van der Waals surface area contributed by atoms with E-state index in [1.807, 2.05) is 94.4 Å². The Morgan fingerprint density at radius 2 is 1.68 bits per heavy atom. The normalized spacial score (nSPS) is 12.3. The first-order chi connectivity index (χ1) is 16.2. The molecule has 0 aliphatic carbocycles. The van der Waals surface area contributed by atoms with E-state index in [2.05, 4.69) is 21.2 Å². The molecule has 0 saturated carbocycles. The Morgan fingerprint density at radius 1 is 1.00 bits per heavy atom. The van der Waals surface area contributed by atoms with Crippen LogP contribution in [0.3, 0.4) is 0 Å². The highest BCUT2D eigenvalue weighted by atomic mass is 79.9. The zero-order valence-electron chi connectivity index (χ0n) is 20.3. The summed E-state index contributed by atoms with van der Waals surface area (Å²) >= 11 is 3.62. The van der Waals surface area contributed by atoms with Crippen LogP contribution in [0.1, 0.15) is 39.7 Å². The fraction of sp³-hybridized carbons (Fsp3) is 0.357. The molecule has 3 rings (SSSR count). The van der Waals surface area contributed by atoms with Crippen LogP contribution in [0.15, 0.2) is 71.2 Å². The molecule has 0 aromatic heterocycles. The summed E-state index contributed by atoms with van der Waals surface area (Å²) in [6, 6.07) is 21.2. The number of nitrogens with one attached hydrogen (secondary N) is 1. The maximum atomic E-state index is 13.4. The summed E-state index contributed by atoms with van der Waals surface area (Å²) < 4.78 is 6.76. The van der Waals surface area contributed by atoms with E-state index in [4.69, 9.17) is 4.74 Å². The Kier molecular flexibility index (Phi) is 8.72. The molecule has 180 valence electrons. The standard InChI is InChI=1S/C28H33BrN2O3/c1-5-23(27(33)30-28(2,3)4)31(18-17-20-11-7-6-8-12-20)25(32)19-34-24-16-15-21-13-9-10-14-22(21)26(24)29/h6-16,23H,5,17-19H2,1-4H3,(H,30,33)/t23-/m0/s1. The van der Waals surface area contributed by atoms with E-state index in [1.165, 1.54) is 0 Å². The molecule has 0 bridgehead atoms. The van der Waals surface area contributed by atoms with Gasteiger partial charge in [-0.25, -0.2) is 0 Å². The van der Waals surface area contributed by atoms with Crippen LogP contribution in [0, 0.1) is 0 Å². The minimum atomic E-state index is -0.570. The summed E-state index contributed by atoms with van der Waals surface area (Å²) in [4.78, 5) is 28.1. The quantitative estimate of drug-likeness (QED) is 0.387. The van der Waals surface area contributed by atoms with Gasteiger partial charge in [-0.3, -0.25) is 9.59 Å². The lowest BCUT2D eigenvalue weighted by molar-refractivity contribution is -0.142. The largest absolute Gasteiger partial charge is 0.483 e. The monoisotopic (exact) mass is 524 g/mol. The third kappa shape index (κ3) is 6.83. The molecule has 1 atom stereocenters. The highest BCUT2D eigenvalue weighted by molar-refractivity contribution is 9.10. The number of rotatable bonds is 9. The molecule has 5 nitrogen and oxygen atoms in total. The number of carbonyl (C=O) groups excluding carboxylic acids is 2. The summed E-state index contributed by atoms with van der Waals surface area (Å²) in [5.41, 5.74) is 0.732. The third-order valence-electron chi connectivity index (χ3n) is 5.55. The summed E-state index contributed by atoms with van der Waals surface area (Å²) in [7, 11) is 0. The molecule has 0 saturated heterocycles. The molecule has 6 heteroatoms. The third-order valence-corrected chi connectivity index (χ3v) is 6.37. The second kappa shape index (κ2) is 11.5. The highest BCUT2D eigenvalue weighted by Gasteiger charge is 2.30. The fourth-order valence-electron chi connectivity index (χ4n) is 3.90. The number of ether oxygens (including phenoxy) is 1. The molecule has 3 aromatic rings. The van der Waals surface area contributed by atoms with Crippen LogP contribution in [-0.4, -0.2) is 41.4 Å². The number of carbonyl (C=O) groups is 2. The Hall–Kier alpha value is -2.86. The van der Waals surface area contributed by atoms with E-state index in [0.717, 1.165) is 20.8 Å². The van der Waals surface area contributed by atoms with Crippen LogP contribution in [0.5, 0.6) is 5.75 Å². The first-order valence-corrected chi connectivity index (χ1v) is 12.4. The first kappa shape index (κ1) is 25.8. The van der Waals surface area contributed by atoms with Crippen LogP contribution in [-0.2, 0) is 16.0 Å². The molecule has 0 radical (unpaired) electrons. The number of halogens is 1. The molecule has 2 amide bonds. The van der Waals surface area contributed by atoms with Crippen molar-refractivity contribution in [1.82, 2.24) is 10.2 Å². The number of fused-ring (bicyclic) bond motifs is 1. The second-order valence-corrected chi connectivity index (χ2v) is 10.2. The minimum absolute atomic E-state index is 0.148. The maximum absolute atomic E-state index is 13.4. The van der Waals surface area contributed by atoms with Crippen molar-refractivity contribution in [1.29, 1.82) is 0 Å². The lowest BCUT2D eigenvalue weighted by atomic mass is 10.1. The van der Waals surface area contributed by atoms with Crippen molar-refractivity contribution < 1.29 is 14.3 Å². The van der Waals surface area contributed by atoms with E-state index in [0.29, 0.717) is 25.1 Å². The molecule has 0 aliphatic rings. The van der Waals surface area contributed by atoms with Gasteiger partial charge in [-0.1, -0.05) is 67.6 Å². The topological polar surface area (TPSA) is 58.6 Å². The molecule has 1 N–H and O–H groups in total. The van der Waals surface area contributed by atoms with Crippen molar-refractivity contribution in [2.75, 3.05) is 13.2 Å². The predicted octanol–water partition coefficient (Wildman–Crippen LogP) is 5.75. The van der Waals surface area contributed by atoms with Crippen molar-refractivity contribution in [3.05, 3.63) is 76.8 Å². The summed E-state index contributed by atoms with van der Waals surface area (Å²) in [5.74, 6) is 0.234. The van der Waals surface area contributed by atoms with Gasteiger partial charge in [0.15, 0.2) is 6.61 Å². The van der Waals surface area contributed by atoms with Crippen LogP contribution in [0.2, 0.25) is 0 Å². The van der Waals surface area contributed by atoms with Crippen molar-refractivity contribution in [2.45, 2.75) is 52.1 Å².